The minimum atomic E-state index is -0.364. The van der Waals surface area contributed by atoms with Crippen molar-refractivity contribution in [2.24, 2.45) is 0 Å². The van der Waals surface area contributed by atoms with E-state index in [0.29, 0.717) is 40.9 Å². The van der Waals surface area contributed by atoms with Crippen LogP contribution in [0.4, 0.5) is 21.8 Å². The van der Waals surface area contributed by atoms with Gasteiger partial charge >= 0.3 is 0 Å². The maximum absolute atomic E-state index is 13.3. The van der Waals surface area contributed by atoms with Gasteiger partial charge in [-0.05, 0) is 31.2 Å². The van der Waals surface area contributed by atoms with Crippen molar-refractivity contribution >= 4 is 17.5 Å². The molecule has 8 nitrogen and oxygen atoms in total. The second-order valence-corrected chi connectivity index (χ2v) is 6.93. The first-order chi connectivity index (χ1) is 15.6. The number of H-pyrrole nitrogens is 1. The molecule has 0 bridgehead atoms. The number of aromatic amines is 1. The van der Waals surface area contributed by atoms with Crippen molar-refractivity contribution < 1.29 is 9.13 Å². The number of nitrogens with one attached hydrogen (secondary N) is 3. The Kier molecular flexibility index (Phi) is 6.22. The quantitative estimate of drug-likeness (QED) is 0.356. The van der Waals surface area contributed by atoms with Crippen molar-refractivity contribution in [2.75, 3.05) is 23.8 Å². The molecule has 0 fully saturated rings. The number of hydrogen-bond acceptors (Lipinski definition) is 7. The Labute approximate surface area is 184 Å². The number of anilines is 3. The lowest BCUT2D eigenvalue weighted by Gasteiger charge is -2.14. The maximum atomic E-state index is 13.3. The number of rotatable bonds is 8. The molecule has 0 amide bonds. The SMILES string of the molecule is Cc1cc(Nc2cc(-c3cccnc3)c(C#N)c(NCCOc3cccc(F)c3)n2)n[nH]1. The summed E-state index contributed by atoms with van der Waals surface area (Å²) in [6, 6.07) is 15.5. The molecule has 0 saturated heterocycles. The monoisotopic (exact) mass is 429 g/mol. The van der Waals surface area contributed by atoms with E-state index < -0.39 is 0 Å². The molecule has 160 valence electrons. The summed E-state index contributed by atoms with van der Waals surface area (Å²) in [5, 5.41) is 23.2. The summed E-state index contributed by atoms with van der Waals surface area (Å²) in [4.78, 5) is 8.72. The van der Waals surface area contributed by atoms with Crippen LogP contribution in [0.3, 0.4) is 0 Å². The van der Waals surface area contributed by atoms with Crippen molar-refractivity contribution in [3.63, 3.8) is 0 Å². The molecule has 4 rings (SSSR count). The lowest BCUT2D eigenvalue weighted by molar-refractivity contribution is 0.331. The molecule has 1 aromatic carbocycles. The number of pyridine rings is 2. The third-order valence-corrected chi connectivity index (χ3v) is 4.53. The Balaban J connectivity index is 1.58. The standard InChI is InChI=1S/C23H20FN7O/c1-15-10-22(31-30-15)28-21-12-19(16-4-3-7-26-14-16)20(13-25)23(29-21)27-8-9-32-18-6-2-5-17(24)11-18/h2-7,10-12,14H,8-9H2,1H3,(H3,27,28,29,30,31). The topological polar surface area (TPSA) is 112 Å². The minimum absolute atomic E-state index is 0.258. The van der Waals surface area contributed by atoms with Crippen LogP contribution in [0.15, 0.2) is 60.9 Å². The van der Waals surface area contributed by atoms with E-state index in [2.05, 4.69) is 36.9 Å². The second-order valence-electron chi connectivity index (χ2n) is 6.93. The number of halogens is 1. The predicted molar refractivity (Wildman–Crippen MR) is 119 cm³/mol. The van der Waals surface area contributed by atoms with Gasteiger partial charge in [0, 0.05) is 41.3 Å². The van der Waals surface area contributed by atoms with Gasteiger partial charge in [-0.2, -0.15) is 10.4 Å². The van der Waals surface area contributed by atoms with Crippen LogP contribution in [0, 0.1) is 24.1 Å². The Morgan fingerprint density at radius 1 is 1.16 bits per heavy atom. The largest absolute Gasteiger partial charge is 0.492 e. The molecule has 0 aliphatic rings. The van der Waals surface area contributed by atoms with Gasteiger partial charge in [-0.25, -0.2) is 9.37 Å². The third-order valence-electron chi connectivity index (χ3n) is 4.53. The van der Waals surface area contributed by atoms with Crippen molar-refractivity contribution in [2.45, 2.75) is 6.92 Å². The fourth-order valence-electron chi connectivity index (χ4n) is 3.11. The van der Waals surface area contributed by atoms with Crippen LogP contribution in [0.1, 0.15) is 11.3 Å². The lowest BCUT2D eigenvalue weighted by atomic mass is 10.0. The Morgan fingerprint density at radius 2 is 2.06 bits per heavy atom. The highest BCUT2D eigenvalue weighted by atomic mass is 19.1. The van der Waals surface area contributed by atoms with Crippen LogP contribution in [-0.4, -0.2) is 33.3 Å². The number of nitrogens with zero attached hydrogens (tertiary/aromatic N) is 4. The van der Waals surface area contributed by atoms with E-state index >= 15 is 0 Å². The van der Waals surface area contributed by atoms with Crippen LogP contribution in [0.5, 0.6) is 5.75 Å². The van der Waals surface area contributed by atoms with Crippen molar-refractivity contribution in [1.29, 1.82) is 5.26 Å². The summed E-state index contributed by atoms with van der Waals surface area (Å²) < 4.78 is 18.9. The van der Waals surface area contributed by atoms with Crippen LogP contribution in [0.25, 0.3) is 11.1 Å². The van der Waals surface area contributed by atoms with Gasteiger partial charge in [-0.3, -0.25) is 10.1 Å². The fraction of sp³-hybridized carbons (Fsp3) is 0.130. The lowest BCUT2D eigenvalue weighted by Crippen LogP contribution is -2.14. The summed E-state index contributed by atoms with van der Waals surface area (Å²) in [6.45, 7) is 2.52. The third kappa shape index (κ3) is 4.99. The van der Waals surface area contributed by atoms with E-state index in [1.165, 1.54) is 12.1 Å². The molecule has 3 heterocycles. The zero-order valence-electron chi connectivity index (χ0n) is 17.3. The Morgan fingerprint density at radius 3 is 2.78 bits per heavy atom. The number of aromatic nitrogens is 4. The van der Waals surface area contributed by atoms with Crippen molar-refractivity contribution in [1.82, 2.24) is 20.2 Å². The van der Waals surface area contributed by atoms with Gasteiger partial charge in [-0.1, -0.05) is 12.1 Å². The fourth-order valence-corrected chi connectivity index (χ4v) is 3.11. The summed E-state index contributed by atoms with van der Waals surface area (Å²) in [5.74, 6) is 1.59. The van der Waals surface area contributed by atoms with Gasteiger partial charge in [0.15, 0.2) is 5.82 Å². The average Bonchev–Trinajstić information content (AvgIpc) is 3.21. The first kappa shape index (κ1) is 20.8. The van der Waals surface area contributed by atoms with Crippen molar-refractivity contribution in [3.05, 3.63) is 78.0 Å². The number of benzene rings is 1. The molecule has 32 heavy (non-hydrogen) atoms. The molecular formula is C23H20FN7O. The number of ether oxygens (including phenoxy) is 1. The number of hydrogen-bond donors (Lipinski definition) is 3. The highest BCUT2D eigenvalue weighted by molar-refractivity contribution is 5.79. The van der Waals surface area contributed by atoms with Gasteiger partial charge in [0.25, 0.3) is 0 Å². The normalized spacial score (nSPS) is 10.4. The molecule has 0 aliphatic heterocycles. The molecule has 4 aromatic rings. The molecule has 3 aromatic heterocycles. The van der Waals surface area contributed by atoms with Gasteiger partial charge < -0.3 is 15.4 Å². The summed E-state index contributed by atoms with van der Waals surface area (Å²) in [7, 11) is 0. The summed E-state index contributed by atoms with van der Waals surface area (Å²) >= 11 is 0. The van der Waals surface area contributed by atoms with E-state index in [0.717, 1.165) is 11.3 Å². The zero-order valence-corrected chi connectivity index (χ0v) is 17.3. The maximum Gasteiger partial charge on any atom is 0.153 e. The first-order valence-corrected chi connectivity index (χ1v) is 9.89. The molecule has 0 unspecified atom stereocenters. The highest BCUT2D eigenvalue weighted by Crippen LogP contribution is 2.31. The molecule has 0 aliphatic carbocycles. The van der Waals surface area contributed by atoms with Gasteiger partial charge in [0.05, 0.1) is 6.54 Å². The Hall–Kier alpha value is -4.45. The molecule has 9 heteroatoms. The second kappa shape index (κ2) is 9.57. The average molecular weight is 429 g/mol. The van der Waals surface area contributed by atoms with Gasteiger partial charge in [0.2, 0.25) is 0 Å². The summed E-state index contributed by atoms with van der Waals surface area (Å²) in [6.07, 6.45) is 3.36. The predicted octanol–water partition coefficient (Wildman–Crippen LogP) is 4.42. The van der Waals surface area contributed by atoms with E-state index in [9.17, 15) is 9.65 Å². The van der Waals surface area contributed by atoms with Gasteiger partial charge in [-0.15, -0.1) is 0 Å². The smallest absolute Gasteiger partial charge is 0.153 e. The zero-order chi connectivity index (χ0) is 22.3. The number of nitriles is 1. The minimum Gasteiger partial charge on any atom is -0.492 e. The van der Waals surface area contributed by atoms with E-state index in [4.69, 9.17) is 4.74 Å². The van der Waals surface area contributed by atoms with Crippen LogP contribution < -0.4 is 15.4 Å². The van der Waals surface area contributed by atoms with E-state index in [-0.39, 0.29) is 12.4 Å². The van der Waals surface area contributed by atoms with Gasteiger partial charge in [0.1, 0.15) is 41.4 Å². The van der Waals surface area contributed by atoms with Crippen LogP contribution >= 0.6 is 0 Å². The van der Waals surface area contributed by atoms with Crippen LogP contribution in [-0.2, 0) is 0 Å². The van der Waals surface area contributed by atoms with Crippen molar-refractivity contribution in [3.8, 4) is 22.9 Å². The molecule has 0 saturated carbocycles. The van der Waals surface area contributed by atoms with E-state index in [1.54, 1.807) is 36.7 Å². The molecule has 0 atom stereocenters. The number of aryl methyl sites for hydroxylation is 1. The molecule has 0 spiro atoms. The molecule has 3 N–H and O–H groups in total. The summed E-state index contributed by atoms with van der Waals surface area (Å²) in [5.41, 5.74) is 2.75. The highest BCUT2D eigenvalue weighted by Gasteiger charge is 2.15. The molecule has 0 radical (unpaired) electrons. The Bertz CT molecular complexity index is 1250. The van der Waals surface area contributed by atoms with Crippen LogP contribution in [0.2, 0.25) is 0 Å². The first-order valence-electron chi connectivity index (χ1n) is 9.89. The molecular weight excluding hydrogens is 409 g/mol. The van der Waals surface area contributed by atoms with E-state index in [1.807, 2.05) is 19.1 Å².